The maximum Gasteiger partial charge on any atom is 0.270 e. The van der Waals surface area contributed by atoms with Crippen molar-refractivity contribution in [3.8, 4) is 5.75 Å². The van der Waals surface area contributed by atoms with Gasteiger partial charge < -0.3 is 4.74 Å². The monoisotopic (exact) mass is 257 g/mol. The van der Waals surface area contributed by atoms with E-state index in [1.165, 1.54) is 12.1 Å². The summed E-state index contributed by atoms with van der Waals surface area (Å²) in [4.78, 5) is 10.2. The normalized spacial score (nSPS) is 10.2. The van der Waals surface area contributed by atoms with Crippen molar-refractivity contribution in [2.75, 3.05) is 6.61 Å². The number of unbranched alkanes of at least 4 members (excludes halogenated alkanes) is 2. The summed E-state index contributed by atoms with van der Waals surface area (Å²) in [7, 11) is 0. The second kappa shape index (κ2) is 7.12. The van der Waals surface area contributed by atoms with Crippen LogP contribution in [0.4, 0.5) is 5.69 Å². The van der Waals surface area contributed by atoms with Crippen molar-refractivity contribution < 1.29 is 9.66 Å². The zero-order valence-electron chi connectivity index (χ0n) is 9.82. The van der Waals surface area contributed by atoms with Crippen molar-refractivity contribution in [3.63, 3.8) is 0 Å². The van der Waals surface area contributed by atoms with Crippen molar-refractivity contribution in [2.24, 2.45) is 0 Å². The second-order valence-electron chi connectivity index (χ2n) is 3.74. The van der Waals surface area contributed by atoms with Gasteiger partial charge in [-0.1, -0.05) is 19.8 Å². The van der Waals surface area contributed by atoms with Crippen molar-refractivity contribution in [1.29, 1.82) is 0 Å². The summed E-state index contributed by atoms with van der Waals surface area (Å²) in [5.41, 5.74) is 0.707. The van der Waals surface area contributed by atoms with E-state index in [2.05, 4.69) is 6.92 Å². The molecule has 0 heterocycles. The molecule has 0 spiro atoms. The fraction of sp³-hybridized carbons (Fsp3) is 0.500. The number of nitro groups is 1. The Balaban J connectivity index is 2.68. The van der Waals surface area contributed by atoms with Crippen molar-refractivity contribution in [1.82, 2.24) is 0 Å². The summed E-state index contributed by atoms with van der Waals surface area (Å²) in [6, 6.07) is 4.51. The highest BCUT2D eigenvalue weighted by Crippen LogP contribution is 2.25. The molecule has 1 aromatic rings. The summed E-state index contributed by atoms with van der Waals surface area (Å²) in [5, 5.41) is 10.6. The van der Waals surface area contributed by atoms with Gasteiger partial charge in [-0.3, -0.25) is 10.1 Å². The molecule has 0 aliphatic carbocycles. The van der Waals surface area contributed by atoms with Gasteiger partial charge in [-0.2, -0.15) is 0 Å². The molecule has 0 aliphatic rings. The van der Waals surface area contributed by atoms with Gasteiger partial charge in [0.1, 0.15) is 5.75 Å². The Morgan fingerprint density at radius 3 is 2.76 bits per heavy atom. The maximum absolute atomic E-state index is 10.6. The van der Waals surface area contributed by atoms with Crippen LogP contribution in [0.5, 0.6) is 5.75 Å². The van der Waals surface area contributed by atoms with Gasteiger partial charge in [-0.15, -0.1) is 11.6 Å². The SMILES string of the molecule is CCCCCOc1ccc([N+](=O)[O-])cc1CCl. The van der Waals surface area contributed by atoms with E-state index in [1.807, 2.05) is 0 Å². The number of halogens is 1. The summed E-state index contributed by atoms with van der Waals surface area (Å²) >= 11 is 5.75. The molecule has 4 nitrogen and oxygen atoms in total. The van der Waals surface area contributed by atoms with E-state index >= 15 is 0 Å². The van der Waals surface area contributed by atoms with Crippen LogP contribution in [0.3, 0.4) is 0 Å². The number of rotatable bonds is 7. The first kappa shape index (κ1) is 13.8. The van der Waals surface area contributed by atoms with E-state index in [0.717, 1.165) is 19.3 Å². The van der Waals surface area contributed by atoms with Crippen molar-refractivity contribution in [3.05, 3.63) is 33.9 Å². The lowest BCUT2D eigenvalue weighted by Gasteiger charge is -2.09. The van der Waals surface area contributed by atoms with E-state index in [9.17, 15) is 10.1 Å². The summed E-state index contributed by atoms with van der Waals surface area (Å²) < 4.78 is 5.56. The largest absolute Gasteiger partial charge is 0.493 e. The van der Waals surface area contributed by atoms with Crippen LogP contribution in [-0.4, -0.2) is 11.5 Å². The molecule has 0 atom stereocenters. The Kier molecular flexibility index (Phi) is 5.77. The second-order valence-corrected chi connectivity index (χ2v) is 4.01. The molecule has 17 heavy (non-hydrogen) atoms. The van der Waals surface area contributed by atoms with Crippen molar-refractivity contribution >= 4 is 17.3 Å². The predicted molar refractivity (Wildman–Crippen MR) is 67.7 cm³/mol. The Morgan fingerprint density at radius 2 is 2.18 bits per heavy atom. The average molecular weight is 258 g/mol. The van der Waals surface area contributed by atoms with Crippen LogP contribution in [0.2, 0.25) is 0 Å². The van der Waals surface area contributed by atoms with Gasteiger partial charge >= 0.3 is 0 Å². The lowest BCUT2D eigenvalue weighted by Crippen LogP contribution is -2.00. The molecule has 0 unspecified atom stereocenters. The molecule has 0 N–H and O–H groups in total. The van der Waals surface area contributed by atoms with Crippen LogP contribution in [0.1, 0.15) is 31.7 Å². The summed E-state index contributed by atoms with van der Waals surface area (Å²) in [6.07, 6.45) is 3.23. The number of non-ortho nitro benzene ring substituents is 1. The average Bonchev–Trinajstić information content (AvgIpc) is 2.34. The van der Waals surface area contributed by atoms with E-state index in [0.29, 0.717) is 17.9 Å². The Bertz CT molecular complexity index is 382. The summed E-state index contributed by atoms with van der Waals surface area (Å²) in [5.74, 6) is 0.854. The first-order valence-electron chi connectivity index (χ1n) is 5.65. The van der Waals surface area contributed by atoms with E-state index < -0.39 is 4.92 Å². The molecule has 0 bridgehead atoms. The van der Waals surface area contributed by atoms with Crippen LogP contribution >= 0.6 is 11.6 Å². The molecule has 0 aromatic heterocycles. The van der Waals surface area contributed by atoms with Gasteiger partial charge in [-0.05, 0) is 12.5 Å². The van der Waals surface area contributed by atoms with Gasteiger partial charge in [0, 0.05) is 17.7 Å². The van der Waals surface area contributed by atoms with Crippen LogP contribution in [0.25, 0.3) is 0 Å². The number of hydrogen-bond donors (Lipinski definition) is 0. The molecular formula is C12H16ClNO3. The first-order valence-corrected chi connectivity index (χ1v) is 6.18. The number of nitro benzene ring substituents is 1. The first-order chi connectivity index (χ1) is 8.19. The molecule has 5 heteroatoms. The molecule has 94 valence electrons. The van der Waals surface area contributed by atoms with Gasteiger partial charge in [0.15, 0.2) is 0 Å². The fourth-order valence-electron chi connectivity index (χ4n) is 1.46. The molecule has 0 saturated carbocycles. The molecule has 1 aromatic carbocycles. The van der Waals surface area contributed by atoms with E-state index in [4.69, 9.17) is 16.3 Å². The topological polar surface area (TPSA) is 52.4 Å². The molecule has 0 aliphatic heterocycles. The predicted octanol–water partition coefficient (Wildman–Crippen LogP) is 3.90. The van der Waals surface area contributed by atoms with Gasteiger partial charge in [0.25, 0.3) is 5.69 Å². The Morgan fingerprint density at radius 1 is 1.41 bits per heavy atom. The minimum Gasteiger partial charge on any atom is -0.493 e. The number of alkyl halides is 1. The zero-order valence-corrected chi connectivity index (χ0v) is 10.6. The Hall–Kier alpha value is -1.29. The maximum atomic E-state index is 10.6. The van der Waals surface area contributed by atoms with Crippen LogP contribution in [0, 0.1) is 10.1 Å². The number of nitrogens with zero attached hydrogens (tertiary/aromatic N) is 1. The third-order valence-corrected chi connectivity index (χ3v) is 2.69. The van der Waals surface area contributed by atoms with Crippen LogP contribution in [0.15, 0.2) is 18.2 Å². The highest BCUT2D eigenvalue weighted by Gasteiger charge is 2.10. The fourth-order valence-corrected chi connectivity index (χ4v) is 1.67. The lowest BCUT2D eigenvalue weighted by molar-refractivity contribution is -0.384. The highest BCUT2D eigenvalue weighted by molar-refractivity contribution is 6.17. The standard InChI is InChI=1S/C12H16ClNO3/c1-2-3-4-7-17-12-6-5-11(14(15)16)8-10(12)9-13/h5-6,8H,2-4,7,9H2,1H3. The third-order valence-electron chi connectivity index (χ3n) is 2.40. The minimum atomic E-state index is -0.434. The van der Waals surface area contributed by atoms with E-state index in [1.54, 1.807) is 6.07 Å². The number of benzene rings is 1. The van der Waals surface area contributed by atoms with Gasteiger partial charge in [0.2, 0.25) is 0 Å². The van der Waals surface area contributed by atoms with Crippen molar-refractivity contribution in [2.45, 2.75) is 32.1 Å². The lowest BCUT2D eigenvalue weighted by atomic mass is 10.2. The number of ether oxygens (including phenoxy) is 1. The smallest absolute Gasteiger partial charge is 0.270 e. The highest BCUT2D eigenvalue weighted by atomic mass is 35.5. The van der Waals surface area contributed by atoms with Crippen LogP contribution < -0.4 is 4.74 Å². The molecular weight excluding hydrogens is 242 g/mol. The summed E-state index contributed by atoms with van der Waals surface area (Å²) in [6.45, 7) is 2.74. The molecule has 0 amide bonds. The molecule has 1 rings (SSSR count). The third kappa shape index (κ3) is 4.23. The molecule has 0 radical (unpaired) electrons. The minimum absolute atomic E-state index is 0.0431. The van der Waals surface area contributed by atoms with Gasteiger partial charge in [0.05, 0.1) is 17.4 Å². The zero-order chi connectivity index (χ0) is 12.7. The van der Waals surface area contributed by atoms with Gasteiger partial charge in [-0.25, -0.2) is 0 Å². The quantitative estimate of drug-likeness (QED) is 0.322. The Labute approximate surface area is 106 Å². The number of hydrogen-bond acceptors (Lipinski definition) is 3. The van der Waals surface area contributed by atoms with E-state index in [-0.39, 0.29) is 11.6 Å². The molecule has 0 saturated heterocycles. The van der Waals surface area contributed by atoms with Crippen LogP contribution in [-0.2, 0) is 5.88 Å². The molecule has 0 fully saturated rings.